The lowest BCUT2D eigenvalue weighted by Gasteiger charge is -1.99. The predicted octanol–water partition coefficient (Wildman–Crippen LogP) is -0.139. The maximum Gasteiger partial charge on any atom is 0.219 e. The summed E-state index contributed by atoms with van der Waals surface area (Å²) in [7, 11) is 0. The molecular weight excluding hydrogens is 116 g/mol. The molecule has 9 heavy (non-hydrogen) atoms. The van der Waals surface area contributed by atoms with E-state index >= 15 is 0 Å². The standard InChI is InChI=1S/C6H14N2O/c1-2-6(9)8-5-3-4-7/h2-5,7H2,1H3,(H,8,9). The maximum absolute atomic E-state index is 10.5. The largest absolute Gasteiger partial charge is 0.356 e. The van der Waals surface area contributed by atoms with E-state index < -0.39 is 0 Å². The molecule has 0 heterocycles. The van der Waals surface area contributed by atoms with Gasteiger partial charge in [0, 0.05) is 13.0 Å². The van der Waals surface area contributed by atoms with Crippen molar-refractivity contribution in [2.24, 2.45) is 5.73 Å². The molecule has 0 aliphatic heterocycles. The van der Waals surface area contributed by atoms with Crippen molar-refractivity contribution in [3.05, 3.63) is 0 Å². The van der Waals surface area contributed by atoms with Crippen molar-refractivity contribution in [3.63, 3.8) is 0 Å². The third-order valence-electron chi connectivity index (χ3n) is 1.02. The minimum Gasteiger partial charge on any atom is -0.356 e. The van der Waals surface area contributed by atoms with Gasteiger partial charge >= 0.3 is 0 Å². The Balaban J connectivity index is 2.97. The van der Waals surface area contributed by atoms with Crippen molar-refractivity contribution in [3.8, 4) is 0 Å². The summed E-state index contributed by atoms with van der Waals surface area (Å²) in [5.41, 5.74) is 5.20. The summed E-state index contributed by atoms with van der Waals surface area (Å²) in [6.45, 7) is 3.19. The molecule has 0 radical (unpaired) electrons. The van der Waals surface area contributed by atoms with Gasteiger partial charge in [0.15, 0.2) is 0 Å². The zero-order chi connectivity index (χ0) is 7.11. The second kappa shape index (κ2) is 5.56. The molecule has 0 aromatic heterocycles. The van der Waals surface area contributed by atoms with Gasteiger partial charge in [-0.2, -0.15) is 0 Å². The molecule has 0 unspecified atom stereocenters. The highest BCUT2D eigenvalue weighted by atomic mass is 16.1. The Kier molecular flexibility index (Phi) is 5.21. The minimum absolute atomic E-state index is 0.100. The normalized spacial score (nSPS) is 9.11. The molecule has 0 aliphatic rings. The summed E-state index contributed by atoms with van der Waals surface area (Å²) in [6.07, 6.45) is 1.43. The summed E-state index contributed by atoms with van der Waals surface area (Å²) in [5, 5.41) is 2.71. The molecule has 3 nitrogen and oxygen atoms in total. The van der Waals surface area contributed by atoms with E-state index in [2.05, 4.69) is 5.32 Å². The molecule has 3 heteroatoms. The van der Waals surface area contributed by atoms with E-state index in [1.54, 1.807) is 0 Å². The maximum atomic E-state index is 10.5. The van der Waals surface area contributed by atoms with Crippen molar-refractivity contribution in [1.82, 2.24) is 5.32 Å². The molecular formula is C6H14N2O. The van der Waals surface area contributed by atoms with Crippen LogP contribution < -0.4 is 11.1 Å². The molecule has 0 bridgehead atoms. The molecule has 0 fully saturated rings. The van der Waals surface area contributed by atoms with Gasteiger partial charge in [0.25, 0.3) is 0 Å². The van der Waals surface area contributed by atoms with Gasteiger partial charge in [0.05, 0.1) is 0 Å². The number of hydrogen-bond donors (Lipinski definition) is 2. The smallest absolute Gasteiger partial charge is 0.219 e. The van der Waals surface area contributed by atoms with Gasteiger partial charge in [-0.25, -0.2) is 0 Å². The van der Waals surface area contributed by atoms with Crippen LogP contribution in [-0.2, 0) is 4.79 Å². The molecule has 0 atom stereocenters. The number of carbonyl (C=O) groups is 1. The minimum atomic E-state index is 0.100. The third-order valence-corrected chi connectivity index (χ3v) is 1.02. The van der Waals surface area contributed by atoms with Crippen molar-refractivity contribution in [2.45, 2.75) is 19.8 Å². The van der Waals surface area contributed by atoms with Gasteiger partial charge < -0.3 is 11.1 Å². The van der Waals surface area contributed by atoms with Gasteiger partial charge in [-0.05, 0) is 13.0 Å². The fourth-order valence-corrected chi connectivity index (χ4v) is 0.455. The topological polar surface area (TPSA) is 55.1 Å². The molecule has 0 aliphatic carbocycles. The van der Waals surface area contributed by atoms with Crippen molar-refractivity contribution in [1.29, 1.82) is 0 Å². The zero-order valence-corrected chi connectivity index (χ0v) is 5.81. The zero-order valence-electron chi connectivity index (χ0n) is 5.81. The van der Waals surface area contributed by atoms with E-state index in [4.69, 9.17) is 5.73 Å². The van der Waals surface area contributed by atoms with E-state index in [-0.39, 0.29) is 5.91 Å². The quantitative estimate of drug-likeness (QED) is 0.520. The Labute approximate surface area is 55.6 Å². The number of carbonyl (C=O) groups excluding carboxylic acids is 1. The van der Waals surface area contributed by atoms with E-state index in [1.807, 2.05) is 6.92 Å². The average molecular weight is 130 g/mol. The van der Waals surface area contributed by atoms with Crippen molar-refractivity contribution >= 4 is 5.91 Å². The van der Waals surface area contributed by atoms with Crippen LogP contribution in [0.15, 0.2) is 0 Å². The highest BCUT2D eigenvalue weighted by molar-refractivity contribution is 5.75. The van der Waals surface area contributed by atoms with Crippen LogP contribution in [0.4, 0.5) is 0 Å². The highest BCUT2D eigenvalue weighted by Crippen LogP contribution is 1.75. The molecule has 0 spiro atoms. The van der Waals surface area contributed by atoms with Crippen LogP contribution in [0.25, 0.3) is 0 Å². The Bertz CT molecular complexity index is 83.1. The lowest BCUT2D eigenvalue weighted by Crippen LogP contribution is -2.24. The third kappa shape index (κ3) is 5.30. The average Bonchev–Trinajstić information content (AvgIpc) is 1.89. The molecule has 54 valence electrons. The second-order valence-electron chi connectivity index (χ2n) is 1.85. The summed E-state index contributed by atoms with van der Waals surface area (Å²) in [4.78, 5) is 10.5. The van der Waals surface area contributed by atoms with Crippen molar-refractivity contribution in [2.75, 3.05) is 13.1 Å². The first-order chi connectivity index (χ1) is 4.31. The van der Waals surface area contributed by atoms with Crippen LogP contribution in [0, 0.1) is 0 Å². The Morgan fingerprint density at radius 2 is 2.33 bits per heavy atom. The van der Waals surface area contributed by atoms with Crippen LogP contribution in [-0.4, -0.2) is 19.0 Å². The summed E-state index contributed by atoms with van der Waals surface area (Å²) in [5.74, 6) is 0.100. The van der Waals surface area contributed by atoms with Crippen LogP contribution >= 0.6 is 0 Å². The molecule has 0 saturated heterocycles. The summed E-state index contributed by atoms with van der Waals surface area (Å²) in [6, 6.07) is 0. The van der Waals surface area contributed by atoms with E-state index in [0.29, 0.717) is 19.5 Å². The van der Waals surface area contributed by atoms with E-state index in [0.717, 1.165) is 6.42 Å². The first-order valence-corrected chi connectivity index (χ1v) is 3.28. The van der Waals surface area contributed by atoms with Gasteiger partial charge in [0.1, 0.15) is 0 Å². The lowest BCUT2D eigenvalue weighted by atomic mass is 10.4. The number of nitrogens with two attached hydrogens (primary N) is 1. The molecule has 0 aromatic rings. The van der Waals surface area contributed by atoms with E-state index in [1.165, 1.54) is 0 Å². The molecule has 3 N–H and O–H groups in total. The second-order valence-corrected chi connectivity index (χ2v) is 1.85. The number of nitrogens with one attached hydrogen (secondary N) is 1. The number of rotatable bonds is 4. The number of hydrogen-bond acceptors (Lipinski definition) is 2. The van der Waals surface area contributed by atoms with Crippen LogP contribution in [0.3, 0.4) is 0 Å². The van der Waals surface area contributed by atoms with Gasteiger partial charge in [-0.15, -0.1) is 0 Å². The van der Waals surface area contributed by atoms with Crippen LogP contribution in [0.2, 0.25) is 0 Å². The highest BCUT2D eigenvalue weighted by Gasteiger charge is 1.92. The molecule has 1 amide bonds. The van der Waals surface area contributed by atoms with Gasteiger partial charge in [-0.3, -0.25) is 4.79 Å². The fourth-order valence-electron chi connectivity index (χ4n) is 0.455. The first-order valence-electron chi connectivity index (χ1n) is 3.28. The van der Waals surface area contributed by atoms with Gasteiger partial charge in [0.2, 0.25) is 5.91 Å². The van der Waals surface area contributed by atoms with E-state index in [9.17, 15) is 4.79 Å². The first kappa shape index (κ1) is 8.43. The monoisotopic (exact) mass is 130 g/mol. The predicted molar refractivity (Wildman–Crippen MR) is 37.0 cm³/mol. The Morgan fingerprint density at radius 1 is 1.67 bits per heavy atom. The van der Waals surface area contributed by atoms with Crippen LogP contribution in [0.5, 0.6) is 0 Å². The lowest BCUT2D eigenvalue weighted by molar-refractivity contribution is -0.120. The fraction of sp³-hybridized carbons (Fsp3) is 0.833. The van der Waals surface area contributed by atoms with Crippen molar-refractivity contribution < 1.29 is 4.79 Å². The summed E-state index contributed by atoms with van der Waals surface area (Å²) >= 11 is 0. The number of amides is 1. The SMILES string of the molecule is CCC(=O)NCCCN. The molecule has 0 aromatic carbocycles. The Hall–Kier alpha value is -0.570. The van der Waals surface area contributed by atoms with Crippen LogP contribution in [0.1, 0.15) is 19.8 Å². The molecule has 0 saturated carbocycles. The Morgan fingerprint density at radius 3 is 2.78 bits per heavy atom. The molecule has 0 rings (SSSR count). The van der Waals surface area contributed by atoms with Gasteiger partial charge in [-0.1, -0.05) is 6.92 Å². The summed E-state index contributed by atoms with van der Waals surface area (Å²) < 4.78 is 0.